The number of benzene rings is 1. The van der Waals surface area contributed by atoms with E-state index < -0.39 is 0 Å². The van der Waals surface area contributed by atoms with E-state index in [1.165, 1.54) is 41.5 Å². The molecule has 0 amide bonds. The molecule has 0 N–H and O–H groups in total. The van der Waals surface area contributed by atoms with Gasteiger partial charge in [0.1, 0.15) is 0 Å². The van der Waals surface area contributed by atoms with Gasteiger partial charge in [-0.3, -0.25) is 0 Å². The van der Waals surface area contributed by atoms with Gasteiger partial charge in [0.15, 0.2) is 18.9 Å². The normalized spacial score (nSPS) is 13.2. The van der Waals surface area contributed by atoms with Crippen molar-refractivity contribution < 1.29 is 4.57 Å². The van der Waals surface area contributed by atoms with Crippen LogP contribution in [0.1, 0.15) is 36.5 Å². The Morgan fingerprint density at radius 1 is 1.10 bits per heavy atom. The van der Waals surface area contributed by atoms with E-state index in [4.69, 9.17) is 0 Å². The summed E-state index contributed by atoms with van der Waals surface area (Å²) >= 11 is 0. The highest BCUT2D eigenvalue weighted by Crippen LogP contribution is 2.26. The first kappa shape index (κ1) is 13.1. The zero-order valence-corrected chi connectivity index (χ0v) is 12.2. The number of aryl methyl sites for hydroxylation is 1. The maximum Gasteiger partial charge on any atom is 0.170 e. The third-order valence-electron chi connectivity index (χ3n) is 3.97. The summed E-state index contributed by atoms with van der Waals surface area (Å²) in [5.41, 5.74) is 5.90. The minimum atomic E-state index is 1.000. The molecule has 1 heterocycles. The smallest absolute Gasteiger partial charge is 0.170 e. The number of hydrogen-bond acceptors (Lipinski definition) is 0. The van der Waals surface area contributed by atoms with E-state index in [9.17, 15) is 0 Å². The molecule has 0 saturated carbocycles. The lowest BCUT2D eigenvalue weighted by Crippen LogP contribution is -2.33. The minimum absolute atomic E-state index is 1.000. The summed E-state index contributed by atoms with van der Waals surface area (Å²) < 4.78 is 2.25. The second-order valence-corrected chi connectivity index (χ2v) is 5.66. The molecule has 102 valence electrons. The number of fused-ring (bicyclic) bond motifs is 1. The standard InChI is InChI=1S/C19H22N/c1-2-3-7-16-8-9-18-13-17(14-19(18)12-16)15-20-10-5-4-6-11-20/h4-6,8-12,14H,2-3,7,13,15H2,1H3/q+1. The Labute approximate surface area is 121 Å². The van der Waals surface area contributed by atoms with Crippen LogP contribution in [-0.4, -0.2) is 0 Å². The van der Waals surface area contributed by atoms with E-state index in [0.29, 0.717) is 0 Å². The van der Waals surface area contributed by atoms with Crippen LogP contribution in [0.25, 0.3) is 6.08 Å². The third-order valence-corrected chi connectivity index (χ3v) is 3.97. The van der Waals surface area contributed by atoms with E-state index in [1.54, 1.807) is 0 Å². The zero-order chi connectivity index (χ0) is 13.8. The average molecular weight is 264 g/mol. The number of hydrogen-bond donors (Lipinski definition) is 0. The number of rotatable bonds is 5. The lowest BCUT2D eigenvalue weighted by molar-refractivity contribution is -0.689. The fraction of sp³-hybridized carbons (Fsp3) is 0.316. The van der Waals surface area contributed by atoms with Crippen LogP contribution in [0, 0.1) is 0 Å². The van der Waals surface area contributed by atoms with Crippen molar-refractivity contribution in [1.82, 2.24) is 0 Å². The summed E-state index contributed by atoms with van der Waals surface area (Å²) in [6.45, 7) is 3.25. The fourth-order valence-corrected chi connectivity index (χ4v) is 2.87. The van der Waals surface area contributed by atoms with Crippen LogP contribution >= 0.6 is 0 Å². The molecule has 0 aliphatic heterocycles. The molecule has 2 aromatic rings. The molecule has 0 bridgehead atoms. The Kier molecular flexibility index (Phi) is 3.96. The largest absolute Gasteiger partial charge is 0.201 e. The monoisotopic (exact) mass is 264 g/mol. The SMILES string of the molecule is CCCCc1ccc2c(c1)C=C(C[n+]1ccccc1)C2. The molecule has 0 saturated heterocycles. The first-order chi connectivity index (χ1) is 9.85. The van der Waals surface area contributed by atoms with Gasteiger partial charge in [-0.05, 0) is 41.2 Å². The van der Waals surface area contributed by atoms with E-state index in [0.717, 1.165) is 13.0 Å². The van der Waals surface area contributed by atoms with Crippen LogP contribution in [0.4, 0.5) is 0 Å². The first-order valence-electron chi connectivity index (χ1n) is 7.60. The van der Waals surface area contributed by atoms with Crippen LogP contribution in [0.5, 0.6) is 0 Å². The summed E-state index contributed by atoms with van der Waals surface area (Å²) in [6, 6.07) is 13.2. The highest BCUT2D eigenvalue weighted by molar-refractivity contribution is 5.64. The molecule has 1 aromatic heterocycles. The maximum absolute atomic E-state index is 2.38. The number of aromatic nitrogens is 1. The van der Waals surface area contributed by atoms with Gasteiger partial charge in [0.05, 0.1) is 0 Å². The van der Waals surface area contributed by atoms with E-state index in [1.807, 2.05) is 0 Å². The molecule has 20 heavy (non-hydrogen) atoms. The quantitative estimate of drug-likeness (QED) is 0.720. The molecule has 0 fully saturated rings. The van der Waals surface area contributed by atoms with E-state index in [-0.39, 0.29) is 0 Å². The topological polar surface area (TPSA) is 3.88 Å². The molecular weight excluding hydrogens is 242 g/mol. The van der Waals surface area contributed by atoms with Crippen molar-refractivity contribution in [3.63, 3.8) is 0 Å². The number of pyridine rings is 1. The van der Waals surface area contributed by atoms with Gasteiger partial charge in [-0.1, -0.05) is 37.6 Å². The lowest BCUT2D eigenvalue weighted by atomic mass is 10.0. The van der Waals surface area contributed by atoms with Gasteiger partial charge < -0.3 is 0 Å². The van der Waals surface area contributed by atoms with Gasteiger partial charge in [-0.25, -0.2) is 4.57 Å². The summed E-state index contributed by atoms with van der Waals surface area (Å²) in [6.07, 6.45) is 11.5. The van der Waals surface area contributed by atoms with Gasteiger partial charge in [0, 0.05) is 18.6 Å². The average Bonchev–Trinajstić information content (AvgIpc) is 2.87. The Hall–Kier alpha value is -1.89. The number of unbranched alkanes of at least 4 members (excludes halogenated alkanes) is 1. The van der Waals surface area contributed by atoms with Crippen molar-refractivity contribution in [2.75, 3.05) is 0 Å². The molecule has 3 rings (SSSR count). The number of allylic oxidation sites excluding steroid dienone is 1. The molecule has 1 aliphatic carbocycles. The first-order valence-corrected chi connectivity index (χ1v) is 7.60. The molecule has 1 aliphatic rings. The molecule has 0 radical (unpaired) electrons. The lowest BCUT2D eigenvalue weighted by Gasteiger charge is -2.03. The van der Waals surface area contributed by atoms with Crippen molar-refractivity contribution in [2.24, 2.45) is 0 Å². The van der Waals surface area contributed by atoms with Gasteiger partial charge in [0.25, 0.3) is 0 Å². The van der Waals surface area contributed by atoms with Gasteiger partial charge in [0.2, 0.25) is 0 Å². The van der Waals surface area contributed by atoms with E-state index in [2.05, 4.69) is 66.4 Å². The molecule has 1 aromatic carbocycles. The van der Waals surface area contributed by atoms with Crippen LogP contribution in [0.3, 0.4) is 0 Å². The summed E-state index contributed by atoms with van der Waals surface area (Å²) in [5.74, 6) is 0. The van der Waals surface area contributed by atoms with Crippen LogP contribution < -0.4 is 4.57 Å². The molecule has 1 nitrogen and oxygen atoms in total. The predicted molar refractivity (Wildman–Crippen MR) is 83.4 cm³/mol. The van der Waals surface area contributed by atoms with Crippen molar-refractivity contribution in [1.29, 1.82) is 0 Å². The van der Waals surface area contributed by atoms with Gasteiger partial charge >= 0.3 is 0 Å². The summed E-state index contributed by atoms with van der Waals surface area (Å²) in [5, 5.41) is 0. The van der Waals surface area contributed by atoms with Crippen LogP contribution in [-0.2, 0) is 19.4 Å². The van der Waals surface area contributed by atoms with Crippen molar-refractivity contribution in [2.45, 2.75) is 39.2 Å². The van der Waals surface area contributed by atoms with Crippen molar-refractivity contribution in [3.8, 4) is 0 Å². The fourth-order valence-electron chi connectivity index (χ4n) is 2.87. The van der Waals surface area contributed by atoms with Gasteiger partial charge in [-0.2, -0.15) is 0 Å². The summed E-state index contributed by atoms with van der Waals surface area (Å²) in [7, 11) is 0. The highest BCUT2D eigenvalue weighted by Gasteiger charge is 2.15. The molecule has 0 spiro atoms. The molecule has 0 unspecified atom stereocenters. The maximum atomic E-state index is 2.38. The highest BCUT2D eigenvalue weighted by atomic mass is 14.9. The predicted octanol–water partition coefficient (Wildman–Crippen LogP) is 3.96. The molecular formula is C19H22N+. The van der Waals surface area contributed by atoms with Crippen LogP contribution in [0.15, 0.2) is 54.4 Å². The Morgan fingerprint density at radius 2 is 1.95 bits per heavy atom. The third kappa shape index (κ3) is 2.98. The van der Waals surface area contributed by atoms with Crippen molar-refractivity contribution in [3.05, 3.63) is 71.1 Å². The Bertz CT molecular complexity index is 611. The molecule has 1 heteroatoms. The second-order valence-electron chi connectivity index (χ2n) is 5.66. The zero-order valence-electron chi connectivity index (χ0n) is 12.2. The minimum Gasteiger partial charge on any atom is -0.201 e. The summed E-state index contributed by atoms with van der Waals surface area (Å²) in [4.78, 5) is 0. The van der Waals surface area contributed by atoms with E-state index >= 15 is 0 Å². The Morgan fingerprint density at radius 3 is 2.75 bits per heavy atom. The second kappa shape index (κ2) is 6.04. The van der Waals surface area contributed by atoms with Crippen molar-refractivity contribution >= 4 is 6.08 Å². The van der Waals surface area contributed by atoms with Crippen LogP contribution in [0.2, 0.25) is 0 Å². The Balaban J connectivity index is 1.73. The number of nitrogens with zero attached hydrogens (tertiary/aromatic N) is 1. The molecule has 0 atom stereocenters. The van der Waals surface area contributed by atoms with Gasteiger partial charge in [-0.15, -0.1) is 0 Å².